The molecule has 21 heavy (non-hydrogen) atoms. The van der Waals surface area contributed by atoms with Crippen molar-refractivity contribution in [2.45, 2.75) is 70.1 Å². The first-order chi connectivity index (χ1) is 10.0. The van der Waals surface area contributed by atoms with E-state index in [0.717, 1.165) is 44.2 Å². The van der Waals surface area contributed by atoms with Crippen LogP contribution in [0.2, 0.25) is 0 Å². The topological polar surface area (TPSA) is 3.24 Å². The molecule has 0 saturated carbocycles. The molecule has 0 atom stereocenters. The Morgan fingerprint density at radius 1 is 1.10 bits per heavy atom. The smallest absolute Gasteiger partial charge is 0.366 e. The molecule has 2 fully saturated rings. The molecule has 2 saturated heterocycles. The number of halogens is 3. The van der Waals surface area contributed by atoms with Gasteiger partial charge in [-0.1, -0.05) is 19.4 Å². The van der Waals surface area contributed by atoms with Crippen molar-refractivity contribution in [3.63, 3.8) is 0 Å². The molecule has 0 amide bonds. The molecular formula is C17H22F3N. The monoisotopic (exact) mass is 297 g/mol. The van der Waals surface area contributed by atoms with Gasteiger partial charge in [0.2, 0.25) is 0 Å². The van der Waals surface area contributed by atoms with Crippen LogP contribution in [0.3, 0.4) is 0 Å². The fourth-order valence-electron chi connectivity index (χ4n) is 3.91. The van der Waals surface area contributed by atoms with Crippen LogP contribution in [-0.2, 0) is 12.6 Å². The van der Waals surface area contributed by atoms with Gasteiger partial charge in [0.1, 0.15) is 0 Å². The Balaban J connectivity index is 1.93. The minimum atomic E-state index is -4.25. The van der Waals surface area contributed by atoms with Crippen LogP contribution in [0.25, 0.3) is 0 Å². The van der Waals surface area contributed by atoms with Gasteiger partial charge in [-0.05, 0) is 56.2 Å². The van der Waals surface area contributed by atoms with Crippen LogP contribution in [0.1, 0.15) is 56.6 Å². The van der Waals surface area contributed by atoms with Crippen LogP contribution in [0.15, 0.2) is 18.2 Å². The molecule has 0 spiro atoms. The molecule has 2 bridgehead atoms. The van der Waals surface area contributed by atoms with E-state index in [4.69, 9.17) is 0 Å². The molecular weight excluding hydrogens is 275 g/mol. The number of nitrogens with zero attached hydrogens (tertiary/aromatic N) is 1. The number of hydrogen-bond acceptors (Lipinski definition) is 1. The molecule has 3 rings (SSSR count). The molecule has 1 aromatic rings. The Morgan fingerprint density at radius 2 is 1.71 bits per heavy atom. The molecule has 2 aliphatic heterocycles. The maximum absolute atomic E-state index is 13.3. The lowest BCUT2D eigenvalue weighted by Gasteiger charge is -2.26. The van der Waals surface area contributed by atoms with E-state index in [0.29, 0.717) is 24.1 Å². The van der Waals surface area contributed by atoms with E-state index in [1.54, 1.807) is 6.07 Å². The van der Waals surface area contributed by atoms with E-state index in [2.05, 4.69) is 4.90 Å². The van der Waals surface area contributed by atoms with Crippen LogP contribution in [-0.4, -0.2) is 12.1 Å². The molecule has 1 aromatic carbocycles. The Bertz CT molecular complexity index is 489. The van der Waals surface area contributed by atoms with Crippen LogP contribution in [0, 0.1) is 0 Å². The molecule has 116 valence electrons. The van der Waals surface area contributed by atoms with Gasteiger partial charge in [-0.2, -0.15) is 13.2 Å². The first-order valence-electron chi connectivity index (χ1n) is 7.99. The lowest BCUT2D eigenvalue weighted by Crippen LogP contribution is -2.28. The Labute approximate surface area is 124 Å². The molecule has 0 N–H and O–H groups in total. The molecule has 1 nitrogen and oxygen atoms in total. The number of hydrogen-bond donors (Lipinski definition) is 0. The third kappa shape index (κ3) is 2.77. The third-order valence-corrected chi connectivity index (χ3v) is 4.95. The van der Waals surface area contributed by atoms with Crippen molar-refractivity contribution in [3.8, 4) is 0 Å². The average Bonchev–Trinajstić information content (AvgIpc) is 3.04. The Hall–Kier alpha value is -1.19. The Morgan fingerprint density at radius 3 is 2.24 bits per heavy atom. The van der Waals surface area contributed by atoms with Gasteiger partial charge in [0.15, 0.2) is 0 Å². The number of anilines is 1. The zero-order chi connectivity index (χ0) is 15.0. The normalized spacial score (nSPS) is 24.9. The lowest BCUT2D eigenvalue weighted by atomic mass is 10.0. The van der Waals surface area contributed by atoms with Gasteiger partial charge in [0.25, 0.3) is 0 Å². The van der Waals surface area contributed by atoms with Crippen molar-refractivity contribution in [1.29, 1.82) is 0 Å². The minimum absolute atomic E-state index is 0.431. The van der Waals surface area contributed by atoms with Crippen LogP contribution in [0.5, 0.6) is 0 Å². The van der Waals surface area contributed by atoms with E-state index < -0.39 is 11.7 Å². The summed E-state index contributed by atoms with van der Waals surface area (Å²) >= 11 is 0. The highest BCUT2D eigenvalue weighted by Gasteiger charge is 2.40. The SMILES string of the molecule is CCCCc1ccc(N2C3CCC2CC3)cc1C(F)(F)F. The number of alkyl halides is 3. The van der Waals surface area contributed by atoms with E-state index in [1.165, 1.54) is 6.07 Å². The number of rotatable bonds is 4. The summed E-state index contributed by atoms with van der Waals surface area (Å²) in [6.45, 7) is 2.00. The highest BCUT2D eigenvalue weighted by atomic mass is 19.4. The number of aryl methyl sites for hydroxylation is 1. The lowest BCUT2D eigenvalue weighted by molar-refractivity contribution is -0.138. The van der Waals surface area contributed by atoms with E-state index in [1.807, 2.05) is 13.0 Å². The highest BCUT2D eigenvalue weighted by Crippen LogP contribution is 2.43. The van der Waals surface area contributed by atoms with Crippen molar-refractivity contribution in [3.05, 3.63) is 29.3 Å². The average molecular weight is 297 g/mol. The van der Waals surface area contributed by atoms with E-state index in [9.17, 15) is 13.2 Å². The second-order valence-corrected chi connectivity index (χ2v) is 6.31. The van der Waals surface area contributed by atoms with Gasteiger partial charge in [0.05, 0.1) is 5.56 Å². The molecule has 2 heterocycles. The largest absolute Gasteiger partial charge is 0.416 e. The van der Waals surface area contributed by atoms with Crippen molar-refractivity contribution in [2.75, 3.05) is 4.90 Å². The first kappa shape index (κ1) is 14.7. The molecule has 0 aliphatic carbocycles. The summed E-state index contributed by atoms with van der Waals surface area (Å²) in [5.41, 5.74) is 0.784. The quantitative estimate of drug-likeness (QED) is 0.740. The van der Waals surface area contributed by atoms with E-state index in [-0.39, 0.29) is 0 Å². The number of fused-ring (bicyclic) bond motifs is 2. The maximum atomic E-state index is 13.3. The predicted octanol–water partition coefficient (Wildman–Crippen LogP) is 5.18. The Kier molecular flexibility index (Phi) is 3.89. The first-order valence-corrected chi connectivity index (χ1v) is 7.99. The summed E-state index contributed by atoms with van der Waals surface area (Å²) in [7, 11) is 0. The molecule has 0 aromatic heterocycles. The van der Waals surface area contributed by atoms with Crippen molar-refractivity contribution >= 4 is 5.69 Å². The fraction of sp³-hybridized carbons (Fsp3) is 0.647. The summed E-state index contributed by atoms with van der Waals surface area (Å²) in [5.74, 6) is 0. The summed E-state index contributed by atoms with van der Waals surface area (Å²) in [6.07, 6.45) is 2.49. The number of unbranched alkanes of at least 4 members (excludes halogenated alkanes) is 1. The molecule has 2 aliphatic rings. The number of benzene rings is 1. The highest BCUT2D eigenvalue weighted by molar-refractivity contribution is 5.55. The van der Waals surface area contributed by atoms with Gasteiger partial charge < -0.3 is 4.90 Å². The van der Waals surface area contributed by atoms with Gasteiger partial charge >= 0.3 is 6.18 Å². The van der Waals surface area contributed by atoms with Crippen molar-refractivity contribution in [2.24, 2.45) is 0 Å². The molecule has 4 heteroatoms. The second kappa shape index (κ2) is 5.54. The standard InChI is InChI=1S/C17H22F3N/c1-2-3-4-12-5-6-15(11-16(12)17(18,19)20)21-13-7-8-14(21)10-9-13/h5-6,11,13-14H,2-4,7-10H2,1H3. The van der Waals surface area contributed by atoms with Gasteiger partial charge in [-0.25, -0.2) is 0 Å². The van der Waals surface area contributed by atoms with Crippen molar-refractivity contribution in [1.82, 2.24) is 0 Å². The van der Waals surface area contributed by atoms with Crippen LogP contribution >= 0.6 is 0 Å². The predicted molar refractivity (Wildman–Crippen MR) is 78.6 cm³/mol. The van der Waals surface area contributed by atoms with E-state index >= 15 is 0 Å². The van der Waals surface area contributed by atoms with Crippen molar-refractivity contribution < 1.29 is 13.2 Å². The van der Waals surface area contributed by atoms with Gasteiger partial charge in [0, 0.05) is 17.8 Å². The zero-order valence-corrected chi connectivity index (χ0v) is 12.4. The van der Waals surface area contributed by atoms with Crippen LogP contribution in [0.4, 0.5) is 18.9 Å². The fourth-order valence-corrected chi connectivity index (χ4v) is 3.91. The molecule has 0 radical (unpaired) electrons. The summed E-state index contributed by atoms with van der Waals surface area (Å²) in [6, 6.07) is 5.90. The maximum Gasteiger partial charge on any atom is 0.416 e. The van der Waals surface area contributed by atoms with Gasteiger partial charge in [-0.3, -0.25) is 0 Å². The van der Waals surface area contributed by atoms with Gasteiger partial charge in [-0.15, -0.1) is 0 Å². The molecule has 0 unspecified atom stereocenters. The second-order valence-electron chi connectivity index (χ2n) is 6.31. The summed E-state index contributed by atoms with van der Waals surface area (Å²) in [4.78, 5) is 2.23. The third-order valence-electron chi connectivity index (χ3n) is 4.95. The van der Waals surface area contributed by atoms with Crippen LogP contribution < -0.4 is 4.90 Å². The zero-order valence-electron chi connectivity index (χ0n) is 12.4. The minimum Gasteiger partial charge on any atom is -0.366 e. The summed E-state index contributed by atoms with van der Waals surface area (Å²) < 4.78 is 40.0. The summed E-state index contributed by atoms with van der Waals surface area (Å²) in [5, 5.41) is 0.